The first-order valence-corrected chi connectivity index (χ1v) is 9.59. The van der Waals surface area contributed by atoms with Gasteiger partial charge < -0.3 is 4.74 Å². The molecule has 3 aromatic rings. The number of sulfonamides is 1. The number of hydrogen-bond donors (Lipinski definition) is 1. The molecular formula is C20H17FN2O3S. The van der Waals surface area contributed by atoms with Gasteiger partial charge in [0.15, 0.2) is 0 Å². The van der Waals surface area contributed by atoms with Gasteiger partial charge in [0.05, 0.1) is 11.1 Å². The molecule has 138 valence electrons. The Morgan fingerprint density at radius 3 is 2.33 bits per heavy atom. The predicted molar refractivity (Wildman–Crippen MR) is 102 cm³/mol. The highest BCUT2D eigenvalue weighted by molar-refractivity contribution is 7.89. The van der Waals surface area contributed by atoms with Crippen molar-refractivity contribution in [2.75, 3.05) is 0 Å². The summed E-state index contributed by atoms with van der Waals surface area (Å²) in [6.07, 6.45) is 1.38. The summed E-state index contributed by atoms with van der Waals surface area (Å²) in [5, 5.41) is 3.82. The number of rotatable bonds is 7. The zero-order valence-electron chi connectivity index (χ0n) is 14.2. The topological polar surface area (TPSA) is 67.8 Å². The lowest BCUT2D eigenvalue weighted by Gasteiger charge is -2.09. The summed E-state index contributed by atoms with van der Waals surface area (Å²) in [7, 11) is -3.73. The molecule has 0 saturated carbocycles. The number of nitrogens with one attached hydrogen (secondary N) is 1. The molecule has 0 bridgehead atoms. The van der Waals surface area contributed by atoms with Crippen molar-refractivity contribution in [3.63, 3.8) is 0 Å². The average molecular weight is 384 g/mol. The molecule has 0 heterocycles. The highest BCUT2D eigenvalue weighted by atomic mass is 32.2. The largest absolute Gasteiger partial charge is 0.488 e. The van der Waals surface area contributed by atoms with Crippen molar-refractivity contribution in [3.05, 3.63) is 95.8 Å². The average Bonchev–Trinajstić information content (AvgIpc) is 2.69. The van der Waals surface area contributed by atoms with E-state index < -0.39 is 10.0 Å². The van der Waals surface area contributed by atoms with Crippen LogP contribution in [0.3, 0.4) is 0 Å². The third kappa shape index (κ3) is 5.15. The van der Waals surface area contributed by atoms with Gasteiger partial charge in [-0.25, -0.2) is 9.22 Å². The van der Waals surface area contributed by atoms with Gasteiger partial charge in [0.2, 0.25) is 0 Å². The van der Waals surface area contributed by atoms with E-state index in [2.05, 4.69) is 9.93 Å². The van der Waals surface area contributed by atoms with Crippen LogP contribution in [0.5, 0.6) is 5.75 Å². The highest BCUT2D eigenvalue weighted by Gasteiger charge is 2.11. The van der Waals surface area contributed by atoms with Gasteiger partial charge in [0, 0.05) is 5.56 Å². The lowest BCUT2D eigenvalue weighted by atomic mass is 10.2. The van der Waals surface area contributed by atoms with Crippen LogP contribution in [0, 0.1) is 5.82 Å². The van der Waals surface area contributed by atoms with Crippen LogP contribution in [-0.2, 0) is 16.6 Å². The molecule has 0 unspecified atom stereocenters. The summed E-state index contributed by atoms with van der Waals surface area (Å²) < 4.78 is 43.0. The standard InChI is InChI=1S/C20H17FN2O3S/c21-18-12-10-16(11-13-18)15-26-20-9-5-4-6-17(20)14-22-23-27(24,25)19-7-2-1-3-8-19/h1-14,23H,15H2/b22-14+. The van der Waals surface area contributed by atoms with Gasteiger partial charge in [-0.1, -0.05) is 42.5 Å². The van der Waals surface area contributed by atoms with Crippen LogP contribution in [0.15, 0.2) is 88.9 Å². The number of halogens is 1. The molecule has 0 atom stereocenters. The van der Waals surface area contributed by atoms with E-state index in [-0.39, 0.29) is 17.3 Å². The van der Waals surface area contributed by atoms with E-state index in [1.54, 1.807) is 54.6 Å². The minimum absolute atomic E-state index is 0.128. The number of hydrogen-bond acceptors (Lipinski definition) is 4. The second-order valence-electron chi connectivity index (χ2n) is 5.62. The minimum Gasteiger partial charge on any atom is -0.488 e. The van der Waals surface area contributed by atoms with E-state index in [9.17, 15) is 12.8 Å². The molecule has 0 amide bonds. The fourth-order valence-corrected chi connectivity index (χ4v) is 3.09. The zero-order valence-corrected chi connectivity index (χ0v) is 15.1. The molecule has 0 fully saturated rings. The molecule has 3 aromatic carbocycles. The monoisotopic (exact) mass is 384 g/mol. The SMILES string of the molecule is O=S(=O)(N/N=C/c1ccccc1OCc1ccc(F)cc1)c1ccccc1. The van der Waals surface area contributed by atoms with E-state index in [0.29, 0.717) is 11.3 Å². The van der Waals surface area contributed by atoms with Crippen molar-refractivity contribution in [1.29, 1.82) is 0 Å². The quantitative estimate of drug-likeness (QED) is 0.499. The molecule has 0 radical (unpaired) electrons. The van der Waals surface area contributed by atoms with Crippen LogP contribution in [0.2, 0.25) is 0 Å². The first-order chi connectivity index (χ1) is 13.0. The highest BCUT2D eigenvalue weighted by Crippen LogP contribution is 2.18. The summed E-state index contributed by atoms with van der Waals surface area (Å²) in [4.78, 5) is 2.30. The second-order valence-corrected chi connectivity index (χ2v) is 7.28. The van der Waals surface area contributed by atoms with E-state index in [0.717, 1.165) is 5.56 Å². The Morgan fingerprint density at radius 2 is 1.59 bits per heavy atom. The lowest BCUT2D eigenvalue weighted by molar-refractivity contribution is 0.305. The van der Waals surface area contributed by atoms with Gasteiger partial charge in [0.25, 0.3) is 10.0 Å². The fourth-order valence-electron chi connectivity index (χ4n) is 2.28. The number of nitrogens with zero attached hydrogens (tertiary/aromatic N) is 1. The first-order valence-electron chi connectivity index (χ1n) is 8.11. The smallest absolute Gasteiger partial charge is 0.276 e. The molecule has 7 heteroatoms. The van der Waals surface area contributed by atoms with Crippen LogP contribution in [0.4, 0.5) is 4.39 Å². The zero-order chi connectivity index (χ0) is 19.1. The molecule has 0 aliphatic carbocycles. The number of benzene rings is 3. The molecular weight excluding hydrogens is 367 g/mol. The molecule has 5 nitrogen and oxygen atoms in total. The molecule has 0 saturated heterocycles. The Morgan fingerprint density at radius 1 is 0.926 bits per heavy atom. The van der Waals surface area contributed by atoms with Crippen molar-refractivity contribution in [3.8, 4) is 5.75 Å². The third-order valence-electron chi connectivity index (χ3n) is 3.66. The Labute approximate surface area is 157 Å². The van der Waals surface area contributed by atoms with Crippen LogP contribution in [0.25, 0.3) is 0 Å². The van der Waals surface area contributed by atoms with Gasteiger partial charge in [-0.15, -0.1) is 0 Å². The van der Waals surface area contributed by atoms with Crippen LogP contribution in [-0.4, -0.2) is 14.6 Å². The second kappa shape index (κ2) is 8.46. The fraction of sp³-hybridized carbons (Fsp3) is 0.0500. The summed E-state index contributed by atoms with van der Waals surface area (Å²) in [5.41, 5.74) is 1.42. The molecule has 27 heavy (non-hydrogen) atoms. The van der Waals surface area contributed by atoms with E-state index >= 15 is 0 Å². The molecule has 0 aliphatic heterocycles. The number of hydrazone groups is 1. The molecule has 0 aromatic heterocycles. The van der Waals surface area contributed by atoms with Crippen LogP contribution >= 0.6 is 0 Å². The van der Waals surface area contributed by atoms with E-state index in [4.69, 9.17) is 4.74 Å². The van der Waals surface area contributed by atoms with Crippen LogP contribution < -0.4 is 9.57 Å². The Bertz CT molecular complexity index is 1020. The summed E-state index contributed by atoms with van der Waals surface area (Å²) in [6.45, 7) is 0.251. The molecule has 1 N–H and O–H groups in total. The van der Waals surface area contributed by atoms with Crippen molar-refractivity contribution < 1.29 is 17.5 Å². The van der Waals surface area contributed by atoms with Gasteiger partial charge in [0.1, 0.15) is 18.2 Å². The normalized spacial score (nSPS) is 11.4. The Balaban J connectivity index is 1.68. The van der Waals surface area contributed by atoms with Gasteiger partial charge >= 0.3 is 0 Å². The lowest BCUT2D eigenvalue weighted by Crippen LogP contribution is -2.18. The van der Waals surface area contributed by atoms with Gasteiger partial charge in [-0.05, 0) is 42.0 Å². The Hall–Kier alpha value is -3.19. The van der Waals surface area contributed by atoms with E-state index in [1.165, 1.54) is 30.5 Å². The molecule has 0 spiro atoms. The first kappa shape index (κ1) is 18.6. The summed E-state index contributed by atoms with van der Waals surface area (Å²) >= 11 is 0. The van der Waals surface area contributed by atoms with Crippen molar-refractivity contribution in [1.82, 2.24) is 4.83 Å². The predicted octanol–water partition coefficient (Wildman–Crippen LogP) is 3.72. The maximum absolute atomic E-state index is 13.0. The van der Waals surface area contributed by atoms with Crippen LogP contribution in [0.1, 0.15) is 11.1 Å². The minimum atomic E-state index is -3.73. The van der Waals surface area contributed by atoms with Crippen molar-refractivity contribution in [2.45, 2.75) is 11.5 Å². The van der Waals surface area contributed by atoms with Gasteiger partial charge in [-0.3, -0.25) is 0 Å². The summed E-state index contributed by atoms with van der Waals surface area (Å²) in [6, 6.07) is 21.1. The van der Waals surface area contributed by atoms with E-state index in [1.807, 2.05) is 0 Å². The van der Waals surface area contributed by atoms with Gasteiger partial charge in [-0.2, -0.15) is 13.5 Å². The van der Waals surface area contributed by atoms with Crippen molar-refractivity contribution in [2.24, 2.45) is 5.10 Å². The molecule has 3 rings (SSSR count). The summed E-state index contributed by atoms with van der Waals surface area (Å²) in [5.74, 6) is 0.224. The number of ether oxygens (including phenoxy) is 1. The maximum Gasteiger partial charge on any atom is 0.276 e. The maximum atomic E-state index is 13.0. The Kier molecular flexibility index (Phi) is 5.83. The van der Waals surface area contributed by atoms with Crippen molar-refractivity contribution >= 4 is 16.2 Å². The third-order valence-corrected chi connectivity index (χ3v) is 4.90. The number of para-hydroxylation sites is 1. The molecule has 0 aliphatic rings.